The maximum Gasteiger partial charge on any atom is 0.321 e. The van der Waals surface area contributed by atoms with Gasteiger partial charge in [-0.1, -0.05) is 31.7 Å². The molecule has 1 atom stereocenters. The lowest BCUT2D eigenvalue weighted by molar-refractivity contribution is -0.119. The van der Waals surface area contributed by atoms with Gasteiger partial charge in [-0.25, -0.2) is 4.79 Å². The molecule has 0 fully saturated rings. The van der Waals surface area contributed by atoms with Gasteiger partial charge >= 0.3 is 6.03 Å². The molecule has 1 unspecified atom stereocenters. The van der Waals surface area contributed by atoms with Gasteiger partial charge in [0, 0.05) is 13.1 Å². The number of hydrogen-bond acceptors (Lipinski definition) is 6. The Bertz CT molecular complexity index is 712. The molecule has 9 heteroatoms. The molecule has 0 bridgehead atoms. The van der Waals surface area contributed by atoms with E-state index in [0.717, 1.165) is 10.7 Å². The van der Waals surface area contributed by atoms with Crippen LogP contribution in [0.2, 0.25) is 0 Å². The zero-order valence-corrected chi connectivity index (χ0v) is 16.4. The molecule has 0 saturated heterocycles. The molecule has 2 aromatic heterocycles. The van der Waals surface area contributed by atoms with Gasteiger partial charge in [0.1, 0.15) is 0 Å². The van der Waals surface area contributed by atoms with Crippen LogP contribution in [0.4, 0.5) is 4.79 Å². The first kappa shape index (κ1) is 19.5. The number of nitrogens with one attached hydrogen (secondary N) is 2. The van der Waals surface area contributed by atoms with Crippen LogP contribution in [0.25, 0.3) is 10.7 Å². The number of carbonyl (C=O) groups is 2. The van der Waals surface area contributed by atoms with E-state index in [2.05, 4.69) is 20.8 Å². The van der Waals surface area contributed by atoms with Gasteiger partial charge in [0.05, 0.1) is 10.1 Å². The zero-order chi connectivity index (χ0) is 18.4. The van der Waals surface area contributed by atoms with Crippen LogP contribution in [-0.2, 0) is 11.3 Å². The van der Waals surface area contributed by atoms with Crippen LogP contribution in [-0.4, -0.2) is 38.5 Å². The number of aromatic nitrogens is 3. The van der Waals surface area contributed by atoms with Gasteiger partial charge < -0.3 is 9.88 Å². The van der Waals surface area contributed by atoms with E-state index < -0.39 is 11.3 Å². The third kappa shape index (κ3) is 5.30. The van der Waals surface area contributed by atoms with E-state index in [0.29, 0.717) is 24.2 Å². The molecule has 2 rings (SSSR count). The van der Waals surface area contributed by atoms with Gasteiger partial charge in [-0.15, -0.1) is 21.5 Å². The first-order valence-corrected chi connectivity index (χ1v) is 9.90. The molecular weight excluding hydrogens is 358 g/mol. The van der Waals surface area contributed by atoms with Gasteiger partial charge in [-0.3, -0.25) is 10.1 Å². The van der Waals surface area contributed by atoms with Crippen LogP contribution >= 0.6 is 23.1 Å². The molecule has 25 heavy (non-hydrogen) atoms. The lowest BCUT2D eigenvalue weighted by Crippen LogP contribution is -2.43. The van der Waals surface area contributed by atoms with E-state index >= 15 is 0 Å². The maximum atomic E-state index is 12.2. The van der Waals surface area contributed by atoms with Gasteiger partial charge in [0.2, 0.25) is 5.91 Å². The van der Waals surface area contributed by atoms with Gasteiger partial charge in [-0.05, 0) is 31.2 Å². The summed E-state index contributed by atoms with van der Waals surface area (Å²) in [4.78, 5) is 24.9. The number of thioether (sulfide) groups is 1. The standard InChI is InChI=1S/C16H23N5O2S2/c1-5-21-13(12-7-6-8-24-12)19-20-16(21)25-11(4)14(22)18-15(23)17-9-10(2)3/h6-8,10-11H,5,9H2,1-4H3,(H2,17,18,22,23). The molecule has 7 nitrogen and oxygen atoms in total. The van der Waals surface area contributed by atoms with Crippen molar-refractivity contribution in [2.24, 2.45) is 5.92 Å². The van der Waals surface area contributed by atoms with Crippen molar-refractivity contribution in [3.05, 3.63) is 17.5 Å². The van der Waals surface area contributed by atoms with E-state index in [-0.39, 0.29) is 5.91 Å². The number of thiophene rings is 1. The summed E-state index contributed by atoms with van der Waals surface area (Å²) in [6, 6.07) is 3.49. The van der Waals surface area contributed by atoms with E-state index in [1.165, 1.54) is 11.8 Å². The monoisotopic (exact) mass is 381 g/mol. The van der Waals surface area contributed by atoms with Crippen molar-refractivity contribution < 1.29 is 9.59 Å². The Morgan fingerprint density at radius 3 is 2.68 bits per heavy atom. The number of carbonyl (C=O) groups excluding carboxylic acids is 2. The van der Waals surface area contributed by atoms with E-state index in [9.17, 15) is 9.59 Å². The summed E-state index contributed by atoms with van der Waals surface area (Å²) in [6.45, 7) is 8.96. The molecule has 0 saturated carbocycles. The summed E-state index contributed by atoms with van der Waals surface area (Å²) in [6.07, 6.45) is 0. The minimum atomic E-state index is -0.470. The molecule has 3 amide bonds. The van der Waals surface area contributed by atoms with Crippen LogP contribution < -0.4 is 10.6 Å². The third-order valence-electron chi connectivity index (χ3n) is 3.33. The minimum Gasteiger partial charge on any atom is -0.338 e. The Kier molecular flexibility index (Phi) is 7.01. The van der Waals surface area contributed by atoms with Crippen molar-refractivity contribution in [3.63, 3.8) is 0 Å². The SMILES string of the molecule is CCn1c(SC(C)C(=O)NC(=O)NCC(C)C)nnc1-c1cccs1. The highest BCUT2D eigenvalue weighted by Gasteiger charge is 2.21. The summed E-state index contributed by atoms with van der Waals surface area (Å²) in [7, 11) is 0. The van der Waals surface area contributed by atoms with Crippen LogP contribution in [0.1, 0.15) is 27.7 Å². The number of rotatable bonds is 7. The molecule has 2 N–H and O–H groups in total. The van der Waals surface area contributed by atoms with Crippen molar-refractivity contribution in [3.8, 4) is 10.7 Å². The zero-order valence-electron chi connectivity index (χ0n) is 14.8. The molecular formula is C16H23N5O2S2. The van der Waals surface area contributed by atoms with Crippen LogP contribution in [0, 0.1) is 5.92 Å². The number of nitrogens with zero attached hydrogens (tertiary/aromatic N) is 3. The van der Waals surface area contributed by atoms with Crippen molar-refractivity contribution in [2.75, 3.05) is 6.54 Å². The van der Waals surface area contributed by atoms with Gasteiger partial charge in [0.25, 0.3) is 0 Å². The van der Waals surface area contributed by atoms with Crippen LogP contribution in [0.15, 0.2) is 22.7 Å². The molecule has 2 aromatic rings. The summed E-state index contributed by atoms with van der Waals surface area (Å²) < 4.78 is 1.97. The number of amides is 3. The molecule has 0 aliphatic rings. The molecule has 0 radical (unpaired) electrons. The van der Waals surface area contributed by atoms with E-state index in [4.69, 9.17) is 0 Å². The summed E-state index contributed by atoms with van der Waals surface area (Å²) in [5.74, 6) is 0.767. The molecule has 0 spiro atoms. The number of hydrogen-bond donors (Lipinski definition) is 2. The molecule has 0 aliphatic heterocycles. The Morgan fingerprint density at radius 1 is 1.32 bits per heavy atom. The second-order valence-electron chi connectivity index (χ2n) is 5.88. The Balaban J connectivity index is 1.99. The average Bonchev–Trinajstić information content (AvgIpc) is 3.21. The lowest BCUT2D eigenvalue weighted by atomic mass is 10.2. The van der Waals surface area contributed by atoms with Crippen molar-refractivity contribution in [1.29, 1.82) is 0 Å². The Labute approximate surface area is 155 Å². The van der Waals surface area contributed by atoms with Crippen LogP contribution in [0.5, 0.6) is 0 Å². The van der Waals surface area contributed by atoms with E-state index in [1.807, 2.05) is 42.9 Å². The highest BCUT2D eigenvalue weighted by atomic mass is 32.2. The Hall–Kier alpha value is -1.87. The fraction of sp³-hybridized carbons (Fsp3) is 0.500. The predicted molar refractivity (Wildman–Crippen MR) is 101 cm³/mol. The quantitative estimate of drug-likeness (QED) is 0.720. The molecule has 2 heterocycles. The molecule has 0 aromatic carbocycles. The lowest BCUT2D eigenvalue weighted by Gasteiger charge is -2.13. The average molecular weight is 382 g/mol. The summed E-state index contributed by atoms with van der Waals surface area (Å²) in [5.41, 5.74) is 0. The minimum absolute atomic E-state index is 0.325. The predicted octanol–water partition coefficient (Wildman–Crippen LogP) is 2.99. The smallest absolute Gasteiger partial charge is 0.321 e. The molecule has 136 valence electrons. The highest BCUT2D eigenvalue weighted by Crippen LogP contribution is 2.28. The third-order valence-corrected chi connectivity index (χ3v) is 5.28. The van der Waals surface area contributed by atoms with Gasteiger partial charge in [-0.2, -0.15) is 0 Å². The fourth-order valence-corrected chi connectivity index (χ4v) is 3.65. The molecule has 0 aliphatic carbocycles. The second-order valence-corrected chi connectivity index (χ2v) is 8.14. The topological polar surface area (TPSA) is 88.9 Å². The van der Waals surface area contributed by atoms with E-state index in [1.54, 1.807) is 18.3 Å². The number of imide groups is 1. The summed E-state index contributed by atoms with van der Waals surface area (Å²) >= 11 is 2.88. The highest BCUT2D eigenvalue weighted by molar-refractivity contribution is 8.00. The Morgan fingerprint density at radius 2 is 2.08 bits per heavy atom. The largest absolute Gasteiger partial charge is 0.338 e. The summed E-state index contributed by atoms with van der Waals surface area (Å²) in [5, 5.41) is 15.7. The normalized spacial score (nSPS) is 12.2. The first-order valence-electron chi connectivity index (χ1n) is 8.14. The van der Waals surface area contributed by atoms with Crippen molar-refractivity contribution in [2.45, 2.75) is 44.6 Å². The van der Waals surface area contributed by atoms with Gasteiger partial charge in [0.15, 0.2) is 11.0 Å². The van der Waals surface area contributed by atoms with Crippen molar-refractivity contribution in [1.82, 2.24) is 25.4 Å². The second kappa shape index (κ2) is 9.00. The van der Waals surface area contributed by atoms with Crippen LogP contribution in [0.3, 0.4) is 0 Å². The fourth-order valence-electron chi connectivity index (χ4n) is 2.02. The number of urea groups is 1. The maximum absolute atomic E-state index is 12.2. The van der Waals surface area contributed by atoms with Crippen molar-refractivity contribution >= 4 is 35.0 Å². The first-order chi connectivity index (χ1) is 11.9.